The number of carbonyl (C=O) groups is 1. The topological polar surface area (TPSA) is 42.4 Å². The monoisotopic (exact) mass is 230 g/mol. The van der Waals surface area contributed by atoms with Crippen molar-refractivity contribution in [3.8, 4) is 5.75 Å². The quantitative estimate of drug-likeness (QED) is 0.791. The molecule has 1 heterocycles. The fourth-order valence-corrected chi connectivity index (χ4v) is 1.65. The smallest absolute Gasteiger partial charge is 0.272 e. The molecule has 88 valence electrons. The van der Waals surface area contributed by atoms with Gasteiger partial charge in [-0.25, -0.2) is 4.98 Å². The molecule has 4 heteroatoms. The summed E-state index contributed by atoms with van der Waals surface area (Å²) in [6.07, 6.45) is 0. The molecule has 17 heavy (non-hydrogen) atoms. The summed E-state index contributed by atoms with van der Waals surface area (Å²) in [4.78, 5) is 17.7. The molecule has 0 bridgehead atoms. The van der Waals surface area contributed by atoms with E-state index in [1.165, 1.54) is 4.90 Å². The maximum atomic E-state index is 11.9. The lowest BCUT2D eigenvalue weighted by Crippen LogP contribution is -2.22. The molecule has 0 aliphatic heterocycles. The molecule has 0 saturated carbocycles. The Labute approximate surface area is 99.8 Å². The highest BCUT2D eigenvalue weighted by atomic mass is 16.5. The minimum atomic E-state index is -0.131. The predicted octanol–water partition coefficient (Wildman–Crippen LogP) is 1.95. The number of pyridine rings is 1. The van der Waals surface area contributed by atoms with E-state index >= 15 is 0 Å². The second-order valence-electron chi connectivity index (χ2n) is 3.93. The largest absolute Gasteiger partial charge is 0.496 e. The van der Waals surface area contributed by atoms with Crippen molar-refractivity contribution < 1.29 is 9.53 Å². The van der Waals surface area contributed by atoms with Gasteiger partial charge in [0.15, 0.2) is 0 Å². The molecule has 0 unspecified atom stereocenters. The van der Waals surface area contributed by atoms with Gasteiger partial charge in [0.1, 0.15) is 11.4 Å². The lowest BCUT2D eigenvalue weighted by molar-refractivity contribution is 0.0822. The zero-order valence-electron chi connectivity index (χ0n) is 10.1. The number of para-hydroxylation sites is 1. The van der Waals surface area contributed by atoms with Crippen molar-refractivity contribution in [1.29, 1.82) is 0 Å². The summed E-state index contributed by atoms with van der Waals surface area (Å²) in [6.45, 7) is 0. The number of hydrogen-bond donors (Lipinski definition) is 0. The second-order valence-corrected chi connectivity index (χ2v) is 3.93. The molecule has 1 aromatic heterocycles. The van der Waals surface area contributed by atoms with Crippen LogP contribution in [0.5, 0.6) is 5.75 Å². The number of rotatable bonds is 2. The van der Waals surface area contributed by atoms with E-state index in [9.17, 15) is 4.79 Å². The number of benzene rings is 1. The van der Waals surface area contributed by atoms with Gasteiger partial charge in [0.2, 0.25) is 0 Å². The van der Waals surface area contributed by atoms with Gasteiger partial charge in [-0.2, -0.15) is 0 Å². The van der Waals surface area contributed by atoms with Crippen LogP contribution in [0.3, 0.4) is 0 Å². The third-order valence-corrected chi connectivity index (χ3v) is 2.52. The van der Waals surface area contributed by atoms with Gasteiger partial charge in [0.25, 0.3) is 5.91 Å². The van der Waals surface area contributed by atoms with Crippen molar-refractivity contribution in [3.63, 3.8) is 0 Å². The molecule has 0 atom stereocenters. The molecule has 1 aromatic carbocycles. The Hall–Kier alpha value is -2.10. The normalized spacial score (nSPS) is 10.3. The molecule has 4 nitrogen and oxygen atoms in total. The summed E-state index contributed by atoms with van der Waals surface area (Å²) < 4.78 is 5.29. The van der Waals surface area contributed by atoms with Gasteiger partial charge in [0.05, 0.1) is 12.6 Å². The van der Waals surface area contributed by atoms with Gasteiger partial charge < -0.3 is 9.64 Å². The highest BCUT2D eigenvalue weighted by Crippen LogP contribution is 2.25. The molecule has 0 N–H and O–H groups in total. The third-order valence-electron chi connectivity index (χ3n) is 2.52. The minimum Gasteiger partial charge on any atom is -0.496 e. The molecule has 2 aromatic rings. The number of methoxy groups -OCH3 is 1. The van der Waals surface area contributed by atoms with E-state index in [1.807, 2.05) is 24.3 Å². The maximum Gasteiger partial charge on any atom is 0.272 e. The Morgan fingerprint density at radius 3 is 2.65 bits per heavy atom. The summed E-state index contributed by atoms with van der Waals surface area (Å²) >= 11 is 0. The number of aromatic nitrogens is 1. The van der Waals surface area contributed by atoms with Crippen LogP contribution >= 0.6 is 0 Å². The Morgan fingerprint density at radius 2 is 2.00 bits per heavy atom. The van der Waals surface area contributed by atoms with Gasteiger partial charge in [-0.1, -0.05) is 12.1 Å². The molecular weight excluding hydrogens is 216 g/mol. The Morgan fingerprint density at radius 1 is 1.29 bits per heavy atom. The summed E-state index contributed by atoms with van der Waals surface area (Å²) in [5, 5.41) is 0.908. The number of amides is 1. The van der Waals surface area contributed by atoms with E-state index in [1.54, 1.807) is 27.3 Å². The number of hydrogen-bond acceptors (Lipinski definition) is 3. The average Bonchev–Trinajstić information content (AvgIpc) is 2.36. The van der Waals surface area contributed by atoms with Crippen molar-refractivity contribution in [2.24, 2.45) is 0 Å². The van der Waals surface area contributed by atoms with Crippen molar-refractivity contribution in [2.45, 2.75) is 0 Å². The van der Waals surface area contributed by atoms with E-state index in [2.05, 4.69) is 4.98 Å². The van der Waals surface area contributed by atoms with E-state index in [-0.39, 0.29) is 5.91 Å². The van der Waals surface area contributed by atoms with E-state index in [0.717, 1.165) is 10.9 Å². The first-order chi connectivity index (χ1) is 8.13. The first-order valence-electron chi connectivity index (χ1n) is 5.29. The number of nitrogens with zero attached hydrogens (tertiary/aromatic N) is 2. The molecular formula is C13H14N2O2. The first kappa shape index (κ1) is 11.4. The summed E-state index contributed by atoms with van der Waals surface area (Å²) in [6, 6.07) is 9.26. The van der Waals surface area contributed by atoms with Crippen molar-refractivity contribution >= 4 is 16.8 Å². The lowest BCUT2D eigenvalue weighted by Gasteiger charge is -2.12. The SMILES string of the molecule is COc1cc(C(=O)N(C)C)nc2ccccc12. The average molecular weight is 230 g/mol. The summed E-state index contributed by atoms with van der Waals surface area (Å²) in [5.74, 6) is 0.537. The molecule has 2 rings (SSSR count). The van der Waals surface area contributed by atoms with Crippen LogP contribution in [0.4, 0.5) is 0 Å². The summed E-state index contributed by atoms with van der Waals surface area (Å²) in [7, 11) is 4.99. The third kappa shape index (κ3) is 2.06. The van der Waals surface area contributed by atoms with Gasteiger partial charge in [-0.3, -0.25) is 4.79 Å². The molecule has 0 aliphatic carbocycles. The van der Waals surface area contributed by atoms with Crippen LogP contribution < -0.4 is 4.74 Å². The van der Waals surface area contributed by atoms with Crippen LogP contribution in [0.25, 0.3) is 10.9 Å². The van der Waals surface area contributed by atoms with E-state index in [0.29, 0.717) is 11.4 Å². The van der Waals surface area contributed by atoms with Crippen LogP contribution in [-0.2, 0) is 0 Å². The maximum absolute atomic E-state index is 11.9. The van der Waals surface area contributed by atoms with Crippen LogP contribution in [0.15, 0.2) is 30.3 Å². The van der Waals surface area contributed by atoms with Crippen molar-refractivity contribution in [2.75, 3.05) is 21.2 Å². The Bertz CT molecular complexity index is 564. The first-order valence-corrected chi connectivity index (χ1v) is 5.29. The number of ether oxygens (including phenoxy) is 1. The molecule has 0 fully saturated rings. The zero-order valence-corrected chi connectivity index (χ0v) is 10.1. The number of fused-ring (bicyclic) bond motifs is 1. The molecule has 0 saturated heterocycles. The highest BCUT2D eigenvalue weighted by molar-refractivity contribution is 5.96. The van der Waals surface area contributed by atoms with Gasteiger partial charge >= 0.3 is 0 Å². The molecule has 1 amide bonds. The van der Waals surface area contributed by atoms with Gasteiger partial charge in [-0.15, -0.1) is 0 Å². The van der Waals surface area contributed by atoms with Crippen LogP contribution in [-0.4, -0.2) is 37.0 Å². The van der Waals surface area contributed by atoms with Gasteiger partial charge in [0, 0.05) is 25.5 Å². The second kappa shape index (κ2) is 4.41. The van der Waals surface area contributed by atoms with Crippen molar-refractivity contribution in [1.82, 2.24) is 9.88 Å². The molecule has 0 aliphatic rings. The fraction of sp³-hybridized carbons (Fsp3) is 0.231. The molecule has 0 radical (unpaired) electrons. The zero-order chi connectivity index (χ0) is 12.4. The van der Waals surface area contributed by atoms with Crippen LogP contribution in [0.2, 0.25) is 0 Å². The fourth-order valence-electron chi connectivity index (χ4n) is 1.65. The predicted molar refractivity (Wildman–Crippen MR) is 66.3 cm³/mol. The van der Waals surface area contributed by atoms with E-state index < -0.39 is 0 Å². The van der Waals surface area contributed by atoms with Gasteiger partial charge in [-0.05, 0) is 12.1 Å². The summed E-state index contributed by atoms with van der Waals surface area (Å²) in [5.41, 5.74) is 1.16. The van der Waals surface area contributed by atoms with Crippen LogP contribution in [0, 0.1) is 0 Å². The minimum absolute atomic E-state index is 0.131. The van der Waals surface area contributed by atoms with Crippen molar-refractivity contribution in [3.05, 3.63) is 36.0 Å². The lowest BCUT2D eigenvalue weighted by atomic mass is 10.1. The Balaban J connectivity index is 2.64. The van der Waals surface area contributed by atoms with E-state index in [4.69, 9.17) is 4.74 Å². The standard InChI is InChI=1S/C13H14N2O2/c1-15(2)13(16)11-8-12(17-3)9-6-4-5-7-10(9)14-11/h4-8H,1-3H3. The Kier molecular flexibility index (Phi) is 2.95. The number of carbonyl (C=O) groups excluding carboxylic acids is 1. The van der Waals surface area contributed by atoms with Crippen LogP contribution in [0.1, 0.15) is 10.5 Å². The molecule has 0 spiro atoms. The highest BCUT2D eigenvalue weighted by Gasteiger charge is 2.13.